The first-order valence-corrected chi connectivity index (χ1v) is 18.4. The molecule has 1 N–H and O–H groups in total. The number of rotatable bonds is 15. The van der Waals surface area contributed by atoms with Crippen LogP contribution in [0.25, 0.3) is 0 Å². The Morgan fingerprint density at radius 3 is 1.80 bits per heavy atom. The summed E-state index contributed by atoms with van der Waals surface area (Å²) >= 11 is 0. The lowest BCUT2D eigenvalue weighted by molar-refractivity contribution is -0.193. The van der Waals surface area contributed by atoms with Crippen LogP contribution in [0.2, 0.25) is 25.7 Å². The largest absolute Gasteiger partial charge is 0.389 e. The van der Waals surface area contributed by atoms with Crippen LogP contribution >= 0.6 is 0 Å². The highest BCUT2D eigenvalue weighted by Gasteiger charge is 2.44. The highest BCUT2D eigenvalue weighted by molar-refractivity contribution is 6.76. The molecule has 1 aliphatic rings. The van der Waals surface area contributed by atoms with E-state index >= 15 is 0 Å². The number of hydrogen-bond donors (Lipinski definition) is 1. The maximum Gasteiger partial charge on any atom is 0.113 e. The Labute approximate surface area is 242 Å². The van der Waals surface area contributed by atoms with Gasteiger partial charge in [0.25, 0.3) is 0 Å². The summed E-state index contributed by atoms with van der Waals surface area (Å²) in [6, 6.07) is 31.8. The molecule has 6 heteroatoms. The van der Waals surface area contributed by atoms with Crippen molar-refractivity contribution in [2.75, 3.05) is 19.7 Å². The van der Waals surface area contributed by atoms with Crippen LogP contribution in [0.4, 0.5) is 0 Å². The molecule has 1 saturated heterocycles. The summed E-state index contributed by atoms with van der Waals surface area (Å²) in [6.45, 7) is 10.8. The molecule has 0 saturated carbocycles. The normalized spacial score (nSPS) is 21.9. The van der Waals surface area contributed by atoms with Gasteiger partial charge in [-0.3, -0.25) is 4.90 Å². The summed E-state index contributed by atoms with van der Waals surface area (Å²) in [5, 5.41) is 11.8. The number of nitrogens with zero attached hydrogens (tertiary/aromatic N) is 1. The number of aliphatic hydroxyl groups excluding tert-OH is 1. The SMILES string of the molecule is C[Si](C)(C)CCCCN1C[C@H](OCc2ccccc2)[C@@H](OCc2ccccc2)[C@H](O)[C@H]1COCc1ccccc1. The topological polar surface area (TPSA) is 51.2 Å². The van der Waals surface area contributed by atoms with Crippen molar-refractivity contribution in [2.24, 2.45) is 0 Å². The monoisotopic (exact) mass is 561 g/mol. The number of unbranched alkanes of at least 4 members (excludes halogenated alkanes) is 1. The average Bonchev–Trinajstić information content (AvgIpc) is 2.96. The van der Waals surface area contributed by atoms with Gasteiger partial charge in [0.05, 0.1) is 38.6 Å². The van der Waals surface area contributed by atoms with Crippen LogP contribution in [0.1, 0.15) is 29.5 Å². The number of piperidine rings is 1. The molecule has 0 unspecified atom stereocenters. The molecule has 1 aliphatic heterocycles. The Bertz CT molecular complexity index is 1090. The second kappa shape index (κ2) is 15.6. The first-order valence-electron chi connectivity index (χ1n) is 14.7. The summed E-state index contributed by atoms with van der Waals surface area (Å²) < 4.78 is 19.1. The minimum Gasteiger partial charge on any atom is -0.389 e. The van der Waals surface area contributed by atoms with Crippen molar-refractivity contribution in [3.63, 3.8) is 0 Å². The van der Waals surface area contributed by atoms with Crippen LogP contribution in [0.5, 0.6) is 0 Å². The smallest absolute Gasteiger partial charge is 0.113 e. The number of hydrogen-bond acceptors (Lipinski definition) is 5. The van der Waals surface area contributed by atoms with Gasteiger partial charge in [0.15, 0.2) is 0 Å². The molecule has 40 heavy (non-hydrogen) atoms. The highest BCUT2D eigenvalue weighted by atomic mass is 28.3. The minimum atomic E-state index is -1.09. The fraction of sp³-hybridized carbons (Fsp3) is 0.471. The molecule has 5 nitrogen and oxygen atoms in total. The third kappa shape index (κ3) is 9.95. The lowest BCUT2D eigenvalue weighted by Crippen LogP contribution is -2.64. The summed E-state index contributed by atoms with van der Waals surface area (Å²) in [4.78, 5) is 2.39. The highest BCUT2D eigenvalue weighted by Crippen LogP contribution is 2.27. The molecular weight excluding hydrogens is 514 g/mol. The lowest BCUT2D eigenvalue weighted by Gasteiger charge is -2.47. The molecule has 1 heterocycles. The Morgan fingerprint density at radius 2 is 1.25 bits per heavy atom. The van der Waals surface area contributed by atoms with E-state index in [9.17, 15) is 5.11 Å². The molecule has 0 aliphatic carbocycles. The zero-order valence-corrected chi connectivity index (χ0v) is 25.5. The van der Waals surface area contributed by atoms with Gasteiger partial charge in [-0.2, -0.15) is 0 Å². The van der Waals surface area contributed by atoms with Crippen molar-refractivity contribution >= 4 is 8.07 Å². The van der Waals surface area contributed by atoms with Crippen molar-refractivity contribution in [1.29, 1.82) is 0 Å². The first kappa shape index (κ1) is 30.6. The molecule has 216 valence electrons. The predicted molar refractivity (Wildman–Crippen MR) is 165 cm³/mol. The van der Waals surface area contributed by atoms with E-state index in [1.807, 2.05) is 54.6 Å². The average molecular weight is 562 g/mol. The number of aliphatic hydroxyl groups is 1. The van der Waals surface area contributed by atoms with Crippen molar-refractivity contribution < 1.29 is 19.3 Å². The van der Waals surface area contributed by atoms with Crippen molar-refractivity contribution in [1.82, 2.24) is 4.90 Å². The van der Waals surface area contributed by atoms with Crippen molar-refractivity contribution in [3.05, 3.63) is 108 Å². The van der Waals surface area contributed by atoms with Crippen LogP contribution in [0, 0.1) is 0 Å². The van der Waals surface area contributed by atoms with Crippen LogP contribution < -0.4 is 0 Å². The quantitative estimate of drug-likeness (QED) is 0.169. The lowest BCUT2D eigenvalue weighted by atomic mass is 9.93. The fourth-order valence-electron chi connectivity index (χ4n) is 5.33. The van der Waals surface area contributed by atoms with Crippen molar-refractivity contribution in [2.45, 2.75) is 82.7 Å². The van der Waals surface area contributed by atoms with E-state index < -0.39 is 20.3 Å². The van der Waals surface area contributed by atoms with Gasteiger partial charge in [-0.25, -0.2) is 0 Å². The molecular formula is C34H47NO4Si. The fourth-order valence-corrected chi connectivity index (χ4v) is 6.64. The molecule has 3 aromatic carbocycles. The maximum absolute atomic E-state index is 11.8. The van der Waals surface area contributed by atoms with E-state index in [2.05, 4.69) is 60.9 Å². The molecule has 0 aromatic heterocycles. The molecule has 3 aromatic rings. The molecule has 0 amide bonds. The summed E-state index contributed by atoms with van der Waals surface area (Å²) in [7, 11) is -1.09. The molecule has 0 spiro atoms. The van der Waals surface area contributed by atoms with Gasteiger partial charge in [-0.15, -0.1) is 0 Å². The van der Waals surface area contributed by atoms with Gasteiger partial charge in [0.2, 0.25) is 0 Å². The molecule has 1 fully saturated rings. The minimum absolute atomic E-state index is 0.159. The summed E-state index contributed by atoms with van der Waals surface area (Å²) in [5.41, 5.74) is 3.34. The van der Waals surface area contributed by atoms with Crippen molar-refractivity contribution in [3.8, 4) is 0 Å². The van der Waals surface area contributed by atoms with Gasteiger partial charge in [-0.1, -0.05) is 123 Å². The summed E-state index contributed by atoms with van der Waals surface area (Å²) in [6.07, 6.45) is 0.885. The third-order valence-corrected chi connectivity index (χ3v) is 9.45. The first-order chi connectivity index (χ1) is 19.4. The number of likely N-dealkylation sites (tertiary alicyclic amines) is 1. The van der Waals surface area contributed by atoms with Gasteiger partial charge in [-0.05, 0) is 29.7 Å². The standard InChI is InChI=1S/C34H47NO4Si/c1-40(2,3)22-14-13-21-35-23-32(38-25-29-17-9-5-10-18-29)34(39-26-30-19-11-6-12-20-30)33(36)31(35)27-37-24-28-15-7-4-8-16-28/h4-12,15-20,31-34,36H,13-14,21-27H2,1-3H3/t31-,32+,33-,34-/m1/s1. The Morgan fingerprint density at radius 1 is 0.725 bits per heavy atom. The van der Waals surface area contributed by atoms with Gasteiger partial charge >= 0.3 is 0 Å². The van der Waals surface area contributed by atoms with Crippen LogP contribution in [0.15, 0.2) is 91.0 Å². The summed E-state index contributed by atoms with van der Waals surface area (Å²) in [5.74, 6) is 0. The second-order valence-electron chi connectivity index (χ2n) is 12.2. The second-order valence-corrected chi connectivity index (χ2v) is 17.8. The number of ether oxygens (including phenoxy) is 3. The molecule has 4 rings (SSSR count). The van der Waals surface area contributed by atoms with E-state index in [0.717, 1.165) is 29.7 Å². The predicted octanol–water partition coefficient (Wildman–Crippen LogP) is 6.54. The van der Waals surface area contributed by atoms with Gasteiger partial charge in [0, 0.05) is 14.6 Å². The Balaban J connectivity index is 1.48. The van der Waals surface area contributed by atoms with Crippen LogP contribution in [-0.4, -0.2) is 62.1 Å². The Kier molecular flexibility index (Phi) is 12.0. The van der Waals surface area contributed by atoms with E-state index in [4.69, 9.17) is 14.2 Å². The zero-order chi connectivity index (χ0) is 28.2. The number of benzene rings is 3. The van der Waals surface area contributed by atoms with E-state index in [0.29, 0.717) is 33.0 Å². The van der Waals surface area contributed by atoms with E-state index in [1.54, 1.807) is 0 Å². The van der Waals surface area contributed by atoms with Crippen LogP contribution in [0.3, 0.4) is 0 Å². The van der Waals surface area contributed by atoms with Crippen LogP contribution in [-0.2, 0) is 34.0 Å². The third-order valence-electron chi connectivity index (χ3n) is 7.60. The Hall–Kier alpha value is -2.32. The van der Waals surface area contributed by atoms with E-state index in [1.165, 1.54) is 12.5 Å². The van der Waals surface area contributed by atoms with Gasteiger partial charge < -0.3 is 19.3 Å². The maximum atomic E-state index is 11.8. The molecule has 0 bridgehead atoms. The zero-order valence-electron chi connectivity index (χ0n) is 24.5. The van der Waals surface area contributed by atoms with E-state index in [-0.39, 0.29) is 12.1 Å². The van der Waals surface area contributed by atoms with Gasteiger partial charge in [0.1, 0.15) is 12.2 Å². The molecule has 4 atom stereocenters. The molecule has 0 radical (unpaired) electrons.